The molecule has 0 radical (unpaired) electrons. The number of rotatable bonds is 8. The van der Waals surface area contributed by atoms with E-state index in [2.05, 4.69) is 26.5 Å². The number of nitrogens with zero attached hydrogens (tertiary/aromatic N) is 2. The molecule has 9 heteroatoms. The number of hydrogen-bond acceptors (Lipinski definition) is 6. The highest BCUT2D eigenvalue weighted by molar-refractivity contribution is 9.10. The molecular formula is C22H18BrN3O5. The van der Waals surface area contributed by atoms with E-state index < -0.39 is 4.92 Å². The fraction of sp³-hybridized carbons (Fsp3) is 0.0909. The van der Waals surface area contributed by atoms with Crippen molar-refractivity contribution >= 4 is 33.7 Å². The van der Waals surface area contributed by atoms with Crippen molar-refractivity contribution in [3.05, 3.63) is 98.0 Å². The summed E-state index contributed by atoms with van der Waals surface area (Å²) in [5.74, 6) is 0.845. The van der Waals surface area contributed by atoms with Crippen molar-refractivity contribution in [2.75, 3.05) is 7.11 Å². The van der Waals surface area contributed by atoms with E-state index in [4.69, 9.17) is 9.47 Å². The second-order valence-corrected chi connectivity index (χ2v) is 7.19. The Kier molecular flexibility index (Phi) is 7.34. The van der Waals surface area contributed by atoms with Crippen LogP contribution in [0.2, 0.25) is 0 Å². The minimum atomic E-state index is -0.444. The molecule has 1 amide bonds. The van der Waals surface area contributed by atoms with Gasteiger partial charge in [0, 0.05) is 17.7 Å². The van der Waals surface area contributed by atoms with Gasteiger partial charge in [-0.3, -0.25) is 14.9 Å². The summed E-state index contributed by atoms with van der Waals surface area (Å²) in [6, 6.07) is 18.3. The Balaban J connectivity index is 1.57. The summed E-state index contributed by atoms with van der Waals surface area (Å²) < 4.78 is 11.6. The van der Waals surface area contributed by atoms with Crippen molar-refractivity contribution in [2.24, 2.45) is 5.10 Å². The minimum Gasteiger partial charge on any atom is -0.497 e. The average molecular weight is 484 g/mol. The summed E-state index contributed by atoms with van der Waals surface area (Å²) >= 11 is 3.45. The van der Waals surface area contributed by atoms with Crippen molar-refractivity contribution in [2.45, 2.75) is 6.61 Å². The summed E-state index contributed by atoms with van der Waals surface area (Å²) in [7, 11) is 1.53. The first-order valence-corrected chi connectivity index (χ1v) is 9.88. The van der Waals surface area contributed by atoms with E-state index in [1.807, 2.05) is 0 Å². The Labute approximate surface area is 186 Å². The van der Waals surface area contributed by atoms with Gasteiger partial charge in [0.2, 0.25) is 0 Å². The van der Waals surface area contributed by atoms with Gasteiger partial charge in [0.15, 0.2) is 0 Å². The molecule has 0 aliphatic carbocycles. The predicted molar refractivity (Wildman–Crippen MR) is 120 cm³/mol. The number of nitrogens with one attached hydrogen (secondary N) is 1. The lowest BCUT2D eigenvalue weighted by atomic mass is 10.2. The van der Waals surface area contributed by atoms with Crippen LogP contribution in [0.4, 0.5) is 5.69 Å². The number of methoxy groups -OCH3 is 1. The van der Waals surface area contributed by atoms with Crippen molar-refractivity contribution in [3.8, 4) is 11.5 Å². The molecule has 0 atom stereocenters. The molecule has 3 rings (SSSR count). The van der Waals surface area contributed by atoms with Crippen LogP contribution in [-0.2, 0) is 6.61 Å². The van der Waals surface area contributed by atoms with Gasteiger partial charge in [-0.25, -0.2) is 5.43 Å². The van der Waals surface area contributed by atoms with Crippen molar-refractivity contribution < 1.29 is 19.2 Å². The normalized spacial score (nSPS) is 10.6. The van der Waals surface area contributed by atoms with Crippen LogP contribution in [-0.4, -0.2) is 24.2 Å². The zero-order valence-electron chi connectivity index (χ0n) is 16.4. The number of ether oxygens (including phenoxy) is 2. The Morgan fingerprint density at radius 1 is 1.16 bits per heavy atom. The fourth-order valence-electron chi connectivity index (χ4n) is 2.58. The largest absolute Gasteiger partial charge is 0.497 e. The van der Waals surface area contributed by atoms with Gasteiger partial charge >= 0.3 is 0 Å². The Morgan fingerprint density at radius 3 is 2.61 bits per heavy atom. The van der Waals surface area contributed by atoms with Gasteiger partial charge < -0.3 is 9.47 Å². The van der Waals surface area contributed by atoms with E-state index in [1.165, 1.54) is 25.5 Å². The number of nitro benzene ring substituents is 1. The molecule has 0 heterocycles. The van der Waals surface area contributed by atoms with Gasteiger partial charge in [-0.2, -0.15) is 5.10 Å². The Morgan fingerprint density at radius 2 is 1.94 bits per heavy atom. The molecule has 1 N–H and O–H groups in total. The molecule has 3 aromatic carbocycles. The highest BCUT2D eigenvalue weighted by Gasteiger charge is 2.07. The first-order valence-electron chi connectivity index (χ1n) is 9.09. The van der Waals surface area contributed by atoms with Gasteiger partial charge in [0.25, 0.3) is 11.6 Å². The van der Waals surface area contributed by atoms with Crippen molar-refractivity contribution in [1.82, 2.24) is 5.43 Å². The van der Waals surface area contributed by atoms with Gasteiger partial charge in [0.05, 0.1) is 22.7 Å². The van der Waals surface area contributed by atoms with E-state index in [1.54, 1.807) is 54.6 Å². The summed E-state index contributed by atoms with van der Waals surface area (Å²) in [6.07, 6.45) is 1.52. The lowest BCUT2D eigenvalue weighted by molar-refractivity contribution is -0.384. The predicted octanol–water partition coefficient (Wildman–Crippen LogP) is 4.71. The molecular weight excluding hydrogens is 466 g/mol. The average Bonchev–Trinajstić information content (AvgIpc) is 2.78. The molecule has 0 unspecified atom stereocenters. The van der Waals surface area contributed by atoms with Crippen LogP contribution in [0.1, 0.15) is 21.5 Å². The maximum absolute atomic E-state index is 12.2. The number of halogens is 1. The molecule has 0 spiro atoms. The standard InChI is InChI=1S/C22H18BrN3O5/c1-30-19-4-2-3-17(12-19)22(27)25-24-13-16-7-10-21(20(23)11-16)31-14-15-5-8-18(9-6-15)26(28)29/h2-13H,14H2,1H3,(H,25,27)/b24-13+. The first kappa shape index (κ1) is 22.0. The van der Waals surface area contributed by atoms with E-state index in [0.29, 0.717) is 21.5 Å². The molecule has 31 heavy (non-hydrogen) atoms. The maximum Gasteiger partial charge on any atom is 0.271 e. The van der Waals surface area contributed by atoms with Crippen LogP contribution in [0, 0.1) is 10.1 Å². The third-order valence-electron chi connectivity index (χ3n) is 4.21. The lowest BCUT2D eigenvalue weighted by Gasteiger charge is -2.09. The highest BCUT2D eigenvalue weighted by atomic mass is 79.9. The van der Waals surface area contributed by atoms with E-state index in [0.717, 1.165) is 11.1 Å². The molecule has 0 fully saturated rings. The van der Waals surface area contributed by atoms with Crippen LogP contribution < -0.4 is 14.9 Å². The Hall–Kier alpha value is -3.72. The van der Waals surface area contributed by atoms with Crippen molar-refractivity contribution in [1.29, 1.82) is 0 Å². The van der Waals surface area contributed by atoms with E-state index in [-0.39, 0.29) is 18.2 Å². The summed E-state index contributed by atoms with van der Waals surface area (Å²) in [5, 5.41) is 14.7. The second kappa shape index (κ2) is 10.4. The number of carbonyl (C=O) groups is 1. The summed E-state index contributed by atoms with van der Waals surface area (Å²) in [5.41, 5.74) is 4.50. The second-order valence-electron chi connectivity index (χ2n) is 6.33. The topological polar surface area (TPSA) is 103 Å². The zero-order chi connectivity index (χ0) is 22.2. The summed E-state index contributed by atoms with van der Waals surface area (Å²) in [4.78, 5) is 22.4. The number of nitro groups is 1. The van der Waals surface area contributed by atoms with Crippen LogP contribution in [0.3, 0.4) is 0 Å². The molecule has 3 aromatic rings. The van der Waals surface area contributed by atoms with Crippen molar-refractivity contribution in [3.63, 3.8) is 0 Å². The zero-order valence-corrected chi connectivity index (χ0v) is 18.0. The molecule has 0 aliphatic rings. The molecule has 158 valence electrons. The SMILES string of the molecule is COc1cccc(C(=O)N/N=C/c2ccc(OCc3ccc([N+](=O)[O-])cc3)c(Br)c2)c1. The van der Waals surface area contributed by atoms with Gasteiger partial charge in [-0.1, -0.05) is 6.07 Å². The number of hydrogen-bond donors (Lipinski definition) is 1. The monoisotopic (exact) mass is 483 g/mol. The molecule has 0 saturated heterocycles. The lowest BCUT2D eigenvalue weighted by Crippen LogP contribution is -2.17. The van der Waals surface area contributed by atoms with Gasteiger partial charge in [-0.15, -0.1) is 0 Å². The molecule has 0 bridgehead atoms. The highest BCUT2D eigenvalue weighted by Crippen LogP contribution is 2.26. The number of non-ortho nitro benzene ring substituents is 1. The van der Waals surface area contributed by atoms with Crippen LogP contribution in [0.15, 0.2) is 76.3 Å². The van der Waals surface area contributed by atoms with Crippen LogP contribution in [0.25, 0.3) is 0 Å². The van der Waals surface area contributed by atoms with Gasteiger partial charge in [0.1, 0.15) is 18.1 Å². The Bertz CT molecular complexity index is 1120. The fourth-order valence-corrected chi connectivity index (χ4v) is 3.09. The molecule has 8 nitrogen and oxygen atoms in total. The van der Waals surface area contributed by atoms with E-state index in [9.17, 15) is 14.9 Å². The quantitative estimate of drug-likeness (QED) is 0.284. The molecule has 0 aliphatic heterocycles. The first-order chi connectivity index (χ1) is 15.0. The molecule has 0 aromatic heterocycles. The maximum atomic E-state index is 12.2. The number of benzene rings is 3. The third-order valence-corrected chi connectivity index (χ3v) is 4.83. The number of carbonyl (C=O) groups excluding carboxylic acids is 1. The smallest absolute Gasteiger partial charge is 0.271 e. The van der Waals surface area contributed by atoms with Gasteiger partial charge in [-0.05, 0) is 75.6 Å². The minimum absolute atomic E-state index is 0.0343. The molecule has 0 saturated carbocycles. The number of hydrazone groups is 1. The third kappa shape index (κ3) is 6.13. The summed E-state index contributed by atoms with van der Waals surface area (Å²) in [6.45, 7) is 0.265. The van der Waals surface area contributed by atoms with Crippen LogP contribution >= 0.6 is 15.9 Å². The number of amides is 1. The van der Waals surface area contributed by atoms with E-state index >= 15 is 0 Å². The van der Waals surface area contributed by atoms with Crippen LogP contribution in [0.5, 0.6) is 11.5 Å².